The predicted molar refractivity (Wildman–Crippen MR) is 64.3 cm³/mol. The van der Waals surface area contributed by atoms with Crippen LogP contribution in [0.15, 0.2) is 12.2 Å². The van der Waals surface area contributed by atoms with Gasteiger partial charge in [-0.05, 0) is 19.8 Å². The Bertz CT molecular complexity index is 237. The molecule has 0 spiro atoms. The Morgan fingerprint density at radius 1 is 1.44 bits per heavy atom. The number of hydrogen-bond acceptors (Lipinski definition) is 3. The minimum Gasteiger partial charge on any atom is -0.376 e. The Hall–Kier alpha value is -0.870. The van der Waals surface area contributed by atoms with Crippen LogP contribution < -0.4 is 10.6 Å². The molecule has 0 heterocycles. The highest BCUT2D eigenvalue weighted by molar-refractivity contribution is 5.76. The van der Waals surface area contributed by atoms with Gasteiger partial charge in [-0.25, -0.2) is 0 Å². The van der Waals surface area contributed by atoms with Gasteiger partial charge in [-0.15, -0.1) is 0 Å². The van der Waals surface area contributed by atoms with Crippen LogP contribution in [-0.4, -0.2) is 38.3 Å². The third kappa shape index (κ3) is 7.43. The van der Waals surface area contributed by atoms with Gasteiger partial charge in [0.2, 0.25) is 5.91 Å². The zero-order valence-electron chi connectivity index (χ0n) is 10.1. The van der Waals surface area contributed by atoms with Gasteiger partial charge in [0.05, 0.1) is 13.2 Å². The van der Waals surface area contributed by atoms with Crippen LogP contribution in [0.25, 0.3) is 0 Å². The molecule has 0 saturated heterocycles. The Morgan fingerprint density at radius 2 is 2.19 bits per heavy atom. The van der Waals surface area contributed by atoms with E-state index in [9.17, 15) is 4.79 Å². The van der Waals surface area contributed by atoms with Gasteiger partial charge in [0, 0.05) is 25.6 Å². The molecule has 2 N–H and O–H groups in total. The third-order valence-corrected chi connectivity index (χ3v) is 2.24. The molecular formula is C12H22N2O2. The van der Waals surface area contributed by atoms with Crippen LogP contribution in [0.1, 0.15) is 26.2 Å². The first-order valence-electron chi connectivity index (χ1n) is 5.90. The maximum atomic E-state index is 11.3. The number of hydrogen-bond donors (Lipinski definition) is 2. The second kappa shape index (κ2) is 7.41. The van der Waals surface area contributed by atoms with Crippen LogP contribution in [0.3, 0.4) is 0 Å². The summed E-state index contributed by atoms with van der Waals surface area (Å²) in [6.45, 7) is 8.47. The van der Waals surface area contributed by atoms with Crippen molar-refractivity contribution < 1.29 is 9.53 Å². The van der Waals surface area contributed by atoms with Gasteiger partial charge >= 0.3 is 0 Å². The van der Waals surface area contributed by atoms with E-state index in [1.165, 1.54) is 0 Å². The molecule has 1 rings (SSSR count). The van der Waals surface area contributed by atoms with Crippen molar-refractivity contribution in [2.45, 2.75) is 32.2 Å². The summed E-state index contributed by atoms with van der Waals surface area (Å²) >= 11 is 0. The van der Waals surface area contributed by atoms with Gasteiger partial charge in [0.1, 0.15) is 0 Å². The molecule has 0 unspecified atom stereocenters. The third-order valence-electron chi connectivity index (χ3n) is 2.24. The fourth-order valence-corrected chi connectivity index (χ4v) is 1.25. The van der Waals surface area contributed by atoms with Crippen molar-refractivity contribution in [1.82, 2.24) is 10.6 Å². The second-order valence-electron chi connectivity index (χ2n) is 4.35. The van der Waals surface area contributed by atoms with Gasteiger partial charge in [-0.2, -0.15) is 0 Å². The molecule has 92 valence electrons. The molecule has 1 fully saturated rings. The molecule has 0 aromatic carbocycles. The summed E-state index contributed by atoms with van der Waals surface area (Å²) in [5.41, 5.74) is 1.03. The quantitative estimate of drug-likeness (QED) is 0.452. The lowest BCUT2D eigenvalue weighted by Crippen LogP contribution is -2.30. The van der Waals surface area contributed by atoms with E-state index in [0.717, 1.165) is 31.5 Å². The van der Waals surface area contributed by atoms with Crippen molar-refractivity contribution in [2.24, 2.45) is 0 Å². The second-order valence-corrected chi connectivity index (χ2v) is 4.35. The van der Waals surface area contributed by atoms with E-state index >= 15 is 0 Å². The van der Waals surface area contributed by atoms with E-state index in [-0.39, 0.29) is 5.91 Å². The highest BCUT2D eigenvalue weighted by atomic mass is 16.5. The fraction of sp³-hybridized carbons (Fsp3) is 0.750. The maximum Gasteiger partial charge on any atom is 0.221 e. The summed E-state index contributed by atoms with van der Waals surface area (Å²) in [5, 5.41) is 6.12. The van der Waals surface area contributed by atoms with Gasteiger partial charge < -0.3 is 15.4 Å². The number of ether oxygens (including phenoxy) is 1. The van der Waals surface area contributed by atoms with Gasteiger partial charge in [0.15, 0.2) is 0 Å². The van der Waals surface area contributed by atoms with Crippen molar-refractivity contribution >= 4 is 5.91 Å². The first-order chi connectivity index (χ1) is 7.68. The van der Waals surface area contributed by atoms with Crippen LogP contribution in [0.5, 0.6) is 0 Å². The summed E-state index contributed by atoms with van der Waals surface area (Å²) in [6.07, 6.45) is 2.85. The van der Waals surface area contributed by atoms with Crippen LogP contribution in [0, 0.1) is 0 Å². The molecule has 0 atom stereocenters. The standard InChI is InChI=1S/C12H22N2O2/c1-10(2)9-16-8-7-13-6-5-12(15)14-11-3-4-11/h11,13H,1,3-9H2,2H3,(H,14,15). The zero-order chi connectivity index (χ0) is 11.8. The number of carbonyl (C=O) groups is 1. The summed E-state index contributed by atoms with van der Waals surface area (Å²) in [5.74, 6) is 0.151. The number of amides is 1. The molecule has 1 saturated carbocycles. The van der Waals surface area contributed by atoms with E-state index in [1.54, 1.807) is 0 Å². The van der Waals surface area contributed by atoms with Crippen molar-refractivity contribution in [2.75, 3.05) is 26.3 Å². The Balaban J connectivity index is 1.80. The van der Waals surface area contributed by atoms with Gasteiger partial charge in [-0.1, -0.05) is 12.2 Å². The largest absolute Gasteiger partial charge is 0.376 e. The summed E-state index contributed by atoms with van der Waals surface area (Å²) in [7, 11) is 0. The van der Waals surface area contributed by atoms with Crippen molar-refractivity contribution in [3.63, 3.8) is 0 Å². The summed E-state index contributed by atoms with van der Waals surface area (Å²) in [4.78, 5) is 11.3. The number of nitrogens with one attached hydrogen (secondary N) is 2. The van der Waals surface area contributed by atoms with E-state index in [0.29, 0.717) is 25.7 Å². The summed E-state index contributed by atoms with van der Waals surface area (Å²) in [6, 6.07) is 0.464. The van der Waals surface area contributed by atoms with Gasteiger partial charge in [0.25, 0.3) is 0 Å². The normalized spacial score (nSPS) is 14.8. The summed E-state index contributed by atoms with van der Waals surface area (Å²) < 4.78 is 5.31. The Labute approximate surface area is 97.4 Å². The molecule has 4 heteroatoms. The van der Waals surface area contributed by atoms with E-state index < -0.39 is 0 Å². The molecule has 1 amide bonds. The lowest BCUT2D eigenvalue weighted by molar-refractivity contribution is -0.121. The number of carbonyl (C=O) groups excluding carboxylic acids is 1. The van der Waals surface area contributed by atoms with E-state index in [1.807, 2.05) is 6.92 Å². The van der Waals surface area contributed by atoms with Gasteiger partial charge in [-0.3, -0.25) is 4.79 Å². The maximum absolute atomic E-state index is 11.3. The number of rotatable bonds is 9. The monoisotopic (exact) mass is 226 g/mol. The average molecular weight is 226 g/mol. The molecule has 1 aliphatic carbocycles. The molecule has 16 heavy (non-hydrogen) atoms. The lowest BCUT2D eigenvalue weighted by atomic mass is 10.4. The van der Waals surface area contributed by atoms with Crippen LogP contribution in [0.4, 0.5) is 0 Å². The minimum absolute atomic E-state index is 0.151. The average Bonchev–Trinajstić information content (AvgIpc) is 2.99. The highest BCUT2D eigenvalue weighted by Gasteiger charge is 2.22. The van der Waals surface area contributed by atoms with Crippen LogP contribution in [-0.2, 0) is 9.53 Å². The van der Waals surface area contributed by atoms with E-state index in [2.05, 4.69) is 17.2 Å². The van der Waals surface area contributed by atoms with Crippen molar-refractivity contribution in [3.8, 4) is 0 Å². The fourth-order valence-electron chi connectivity index (χ4n) is 1.25. The first-order valence-corrected chi connectivity index (χ1v) is 5.90. The first kappa shape index (κ1) is 13.2. The minimum atomic E-state index is 0.151. The van der Waals surface area contributed by atoms with E-state index in [4.69, 9.17) is 4.74 Å². The van der Waals surface area contributed by atoms with Crippen LogP contribution >= 0.6 is 0 Å². The van der Waals surface area contributed by atoms with Crippen molar-refractivity contribution in [1.29, 1.82) is 0 Å². The molecule has 0 bridgehead atoms. The Kier molecular flexibility index (Phi) is 6.11. The molecule has 0 aromatic rings. The topological polar surface area (TPSA) is 50.4 Å². The lowest BCUT2D eigenvalue weighted by Gasteiger charge is -2.06. The highest BCUT2D eigenvalue weighted by Crippen LogP contribution is 2.18. The molecule has 0 aromatic heterocycles. The van der Waals surface area contributed by atoms with Crippen molar-refractivity contribution in [3.05, 3.63) is 12.2 Å². The molecule has 0 aliphatic heterocycles. The zero-order valence-corrected chi connectivity index (χ0v) is 10.1. The van der Waals surface area contributed by atoms with Crippen LogP contribution in [0.2, 0.25) is 0 Å². The molecular weight excluding hydrogens is 204 g/mol. The molecule has 1 aliphatic rings. The smallest absolute Gasteiger partial charge is 0.221 e. The predicted octanol–water partition coefficient (Wildman–Crippen LogP) is 0.837. The SMILES string of the molecule is C=C(C)COCCNCCC(=O)NC1CC1. The molecule has 0 radical (unpaired) electrons. The molecule has 4 nitrogen and oxygen atoms in total. The Morgan fingerprint density at radius 3 is 2.81 bits per heavy atom.